The van der Waals surface area contributed by atoms with Crippen molar-refractivity contribution in [1.82, 2.24) is 9.88 Å². The summed E-state index contributed by atoms with van der Waals surface area (Å²) in [4.78, 5) is 20.6. The maximum absolute atomic E-state index is 13.1. The summed E-state index contributed by atoms with van der Waals surface area (Å²) >= 11 is 0. The number of anilines is 1. The number of hydrogen-bond donors (Lipinski definition) is 0. The van der Waals surface area contributed by atoms with E-state index >= 15 is 0 Å². The molecule has 0 aliphatic rings. The Balaban J connectivity index is 1.86. The molecule has 25 heavy (non-hydrogen) atoms. The van der Waals surface area contributed by atoms with Crippen molar-refractivity contribution < 1.29 is 13.6 Å². The van der Waals surface area contributed by atoms with Gasteiger partial charge in [-0.2, -0.15) is 4.98 Å². The number of carbonyl (C=O) groups is 1. The van der Waals surface area contributed by atoms with Crippen LogP contribution in [0.15, 0.2) is 46.9 Å². The Morgan fingerprint density at radius 3 is 2.44 bits per heavy atom. The molecule has 0 fully saturated rings. The molecule has 0 N–H and O–H groups in total. The Labute approximate surface area is 145 Å². The summed E-state index contributed by atoms with van der Waals surface area (Å²) < 4.78 is 18.7. The Kier molecular flexibility index (Phi) is 4.44. The van der Waals surface area contributed by atoms with Crippen molar-refractivity contribution in [3.63, 3.8) is 0 Å². The van der Waals surface area contributed by atoms with Crippen LogP contribution in [0.4, 0.5) is 10.4 Å². The second kappa shape index (κ2) is 6.55. The van der Waals surface area contributed by atoms with Crippen LogP contribution < -0.4 is 4.90 Å². The largest absolute Gasteiger partial charge is 0.423 e. The van der Waals surface area contributed by atoms with Crippen molar-refractivity contribution in [2.75, 3.05) is 26.0 Å². The zero-order valence-corrected chi connectivity index (χ0v) is 14.7. The zero-order valence-electron chi connectivity index (χ0n) is 14.7. The highest BCUT2D eigenvalue weighted by Crippen LogP contribution is 2.25. The average Bonchev–Trinajstić information content (AvgIpc) is 3.04. The highest BCUT2D eigenvalue weighted by molar-refractivity contribution is 5.97. The van der Waals surface area contributed by atoms with E-state index in [1.165, 1.54) is 12.1 Å². The van der Waals surface area contributed by atoms with Crippen LogP contribution in [0.25, 0.3) is 11.1 Å². The van der Waals surface area contributed by atoms with Crippen molar-refractivity contribution >= 4 is 23.0 Å². The molecular weight excluding hydrogens is 321 g/mol. The van der Waals surface area contributed by atoms with Gasteiger partial charge in [0.2, 0.25) is 0 Å². The zero-order chi connectivity index (χ0) is 18.1. The number of nitrogens with zero attached hydrogens (tertiary/aromatic N) is 3. The highest BCUT2D eigenvalue weighted by atomic mass is 19.1. The Hall–Kier alpha value is -2.89. The van der Waals surface area contributed by atoms with E-state index < -0.39 is 0 Å². The minimum absolute atomic E-state index is 0.131. The van der Waals surface area contributed by atoms with Gasteiger partial charge in [-0.1, -0.05) is 12.1 Å². The van der Waals surface area contributed by atoms with Gasteiger partial charge in [-0.15, -0.1) is 0 Å². The number of oxazole rings is 1. The lowest BCUT2D eigenvalue weighted by Crippen LogP contribution is -2.29. The smallest absolute Gasteiger partial charge is 0.297 e. The molecule has 0 spiro atoms. The molecule has 130 valence electrons. The van der Waals surface area contributed by atoms with Gasteiger partial charge >= 0.3 is 0 Å². The minimum atomic E-state index is -0.293. The average molecular weight is 341 g/mol. The van der Waals surface area contributed by atoms with E-state index in [0.717, 1.165) is 5.56 Å². The predicted molar refractivity (Wildman–Crippen MR) is 95.2 cm³/mol. The van der Waals surface area contributed by atoms with Gasteiger partial charge in [0.25, 0.3) is 11.9 Å². The summed E-state index contributed by atoms with van der Waals surface area (Å²) in [5.41, 5.74) is 2.67. The molecule has 3 aromatic rings. The van der Waals surface area contributed by atoms with E-state index in [0.29, 0.717) is 22.7 Å². The molecule has 0 saturated carbocycles. The molecule has 6 heteroatoms. The molecule has 1 atom stereocenters. The van der Waals surface area contributed by atoms with Crippen LogP contribution in [0.3, 0.4) is 0 Å². The van der Waals surface area contributed by atoms with Crippen molar-refractivity contribution in [2.45, 2.75) is 13.0 Å². The predicted octanol–water partition coefficient (Wildman–Crippen LogP) is 3.87. The van der Waals surface area contributed by atoms with Gasteiger partial charge < -0.3 is 14.2 Å². The summed E-state index contributed by atoms with van der Waals surface area (Å²) in [5.74, 6) is -0.425. The summed E-state index contributed by atoms with van der Waals surface area (Å²) in [6, 6.07) is 11.7. The fourth-order valence-corrected chi connectivity index (χ4v) is 2.58. The van der Waals surface area contributed by atoms with Crippen LogP contribution in [0.2, 0.25) is 0 Å². The molecule has 2 aromatic carbocycles. The van der Waals surface area contributed by atoms with Crippen LogP contribution in [0.1, 0.15) is 28.9 Å². The normalized spacial score (nSPS) is 12.2. The van der Waals surface area contributed by atoms with Gasteiger partial charge in [-0.05, 0) is 42.8 Å². The monoisotopic (exact) mass is 341 g/mol. The van der Waals surface area contributed by atoms with Crippen molar-refractivity contribution in [2.24, 2.45) is 0 Å². The number of amides is 1. The van der Waals surface area contributed by atoms with E-state index in [-0.39, 0.29) is 17.8 Å². The van der Waals surface area contributed by atoms with Crippen molar-refractivity contribution in [3.8, 4) is 0 Å². The minimum Gasteiger partial charge on any atom is -0.423 e. The quantitative estimate of drug-likeness (QED) is 0.723. The van der Waals surface area contributed by atoms with Gasteiger partial charge in [0, 0.05) is 26.7 Å². The number of halogens is 1. The summed E-state index contributed by atoms with van der Waals surface area (Å²) in [7, 11) is 5.42. The van der Waals surface area contributed by atoms with Crippen LogP contribution in [0.5, 0.6) is 0 Å². The third-order valence-electron chi connectivity index (χ3n) is 4.26. The molecular formula is C19H20FN3O2. The Bertz CT molecular complexity index is 903. The first kappa shape index (κ1) is 17.0. The lowest BCUT2D eigenvalue weighted by Gasteiger charge is -2.25. The molecule has 0 bridgehead atoms. The lowest BCUT2D eigenvalue weighted by molar-refractivity contribution is 0.0743. The standard InChI is InChI=1S/C19H20FN3O2/c1-12(13-5-8-15(20)9-6-13)23(4)18(24)14-7-10-17-16(11-14)21-19(25-17)22(2)3/h5-12H,1-4H3/t12-/m1/s1. The fourth-order valence-electron chi connectivity index (χ4n) is 2.58. The molecule has 5 nitrogen and oxygen atoms in total. The van der Waals surface area contributed by atoms with Crippen LogP contribution in [0, 0.1) is 5.82 Å². The van der Waals surface area contributed by atoms with Crippen LogP contribution in [-0.4, -0.2) is 36.9 Å². The second-order valence-electron chi connectivity index (χ2n) is 6.22. The van der Waals surface area contributed by atoms with Gasteiger partial charge in [-0.25, -0.2) is 4.39 Å². The molecule has 1 heterocycles. The lowest BCUT2D eigenvalue weighted by atomic mass is 10.1. The Morgan fingerprint density at radius 2 is 1.80 bits per heavy atom. The molecule has 3 rings (SSSR count). The van der Waals surface area contributed by atoms with E-state index in [2.05, 4.69) is 4.98 Å². The van der Waals surface area contributed by atoms with Gasteiger partial charge in [0.15, 0.2) is 5.58 Å². The first-order valence-electron chi connectivity index (χ1n) is 7.97. The number of rotatable bonds is 4. The van der Waals surface area contributed by atoms with E-state index in [4.69, 9.17) is 4.42 Å². The number of carbonyl (C=O) groups excluding carboxylic acids is 1. The topological polar surface area (TPSA) is 49.6 Å². The van der Waals surface area contributed by atoms with Gasteiger partial charge in [-0.3, -0.25) is 4.79 Å². The molecule has 0 aliphatic heterocycles. The maximum atomic E-state index is 13.1. The molecule has 0 radical (unpaired) electrons. The van der Waals surface area contributed by atoms with Gasteiger partial charge in [0.1, 0.15) is 11.3 Å². The van der Waals surface area contributed by atoms with Crippen LogP contribution in [-0.2, 0) is 0 Å². The van der Waals surface area contributed by atoms with Crippen LogP contribution >= 0.6 is 0 Å². The van der Waals surface area contributed by atoms with Crippen molar-refractivity contribution in [1.29, 1.82) is 0 Å². The molecule has 0 saturated heterocycles. The molecule has 0 unspecified atom stereocenters. The number of benzene rings is 2. The Morgan fingerprint density at radius 1 is 1.12 bits per heavy atom. The summed E-state index contributed by atoms with van der Waals surface area (Å²) in [6.07, 6.45) is 0. The molecule has 0 aliphatic carbocycles. The van der Waals surface area contributed by atoms with E-state index in [1.54, 1.807) is 47.2 Å². The third-order valence-corrected chi connectivity index (χ3v) is 4.26. The number of hydrogen-bond acceptors (Lipinski definition) is 4. The first-order valence-corrected chi connectivity index (χ1v) is 7.97. The fraction of sp³-hybridized carbons (Fsp3) is 0.263. The van der Waals surface area contributed by atoms with Gasteiger partial charge in [0.05, 0.1) is 6.04 Å². The number of aromatic nitrogens is 1. The summed E-state index contributed by atoms with van der Waals surface area (Å²) in [6.45, 7) is 1.91. The highest BCUT2D eigenvalue weighted by Gasteiger charge is 2.20. The first-order chi connectivity index (χ1) is 11.9. The van der Waals surface area contributed by atoms with E-state index in [1.807, 2.05) is 21.0 Å². The van der Waals surface area contributed by atoms with Crippen molar-refractivity contribution in [3.05, 3.63) is 59.4 Å². The molecule has 1 aromatic heterocycles. The molecule has 1 amide bonds. The second-order valence-corrected chi connectivity index (χ2v) is 6.22. The number of fused-ring (bicyclic) bond motifs is 1. The summed E-state index contributed by atoms with van der Waals surface area (Å²) in [5, 5.41) is 0. The maximum Gasteiger partial charge on any atom is 0.297 e. The SMILES string of the molecule is C[C@H](c1ccc(F)cc1)N(C)C(=O)c1ccc2oc(N(C)C)nc2c1. The van der Waals surface area contributed by atoms with E-state index in [9.17, 15) is 9.18 Å². The third kappa shape index (κ3) is 3.33.